The number of carbonyl (C=O) groups excluding carboxylic acids is 1. The first kappa shape index (κ1) is 9.34. The van der Waals surface area contributed by atoms with E-state index in [9.17, 15) is 4.79 Å². The van der Waals surface area contributed by atoms with Crippen molar-refractivity contribution in [3.05, 3.63) is 23.8 Å². The third-order valence-corrected chi connectivity index (χ3v) is 2.56. The Labute approximate surface area is 87.7 Å². The number of nitrogens with zero attached hydrogens (tertiary/aromatic N) is 1. The summed E-state index contributed by atoms with van der Waals surface area (Å²) in [6.07, 6.45) is 0.490. The summed E-state index contributed by atoms with van der Waals surface area (Å²) in [4.78, 5) is 13.1. The third kappa shape index (κ3) is 1.44. The van der Waals surface area contributed by atoms with Crippen molar-refractivity contribution in [2.24, 2.45) is 0 Å². The molecule has 1 aliphatic heterocycles. The molecule has 1 aromatic rings. The van der Waals surface area contributed by atoms with Gasteiger partial charge in [0.15, 0.2) is 0 Å². The van der Waals surface area contributed by atoms with Crippen LogP contribution in [0.4, 0.5) is 11.4 Å². The highest BCUT2D eigenvalue weighted by Gasteiger charge is 2.23. The highest BCUT2D eigenvalue weighted by Crippen LogP contribution is 2.29. The number of halogens is 1. The second kappa shape index (κ2) is 3.50. The van der Waals surface area contributed by atoms with E-state index in [1.807, 2.05) is 18.2 Å². The number of amides is 1. The number of nitrogens with one attached hydrogen (secondary N) is 1. The van der Waals surface area contributed by atoms with Gasteiger partial charge in [0.2, 0.25) is 5.91 Å². The monoisotopic (exact) mass is 210 g/mol. The molecule has 74 valence electrons. The fraction of sp³-hybridized carbons (Fsp3) is 0.300. The van der Waals surface area contributed by atoms with Crippen LogP contribution in [0.3, 0.4) is 0 Å². The molecule has 0 spiro atoms. The maximum atomic E-state index is 11.4. The largest absolute Gasteiger partial charge is 0.372 e. The Morgan fingerprint density at radius 3 is 3.07 bits per heavy atom. The van der Waals surface area contributed by atoms with Crippen molar-refractivity contribution in [3.63, 3.8) is 0 Å². The standard InChI is InChI=1S/C10H11ClN2O/c1-13-9-3-2-8(12-6-11)4-7(9)5-10(13)14/h2-4,12H,5-6H2,1H3. The van der Waals surface area contributed by atoms with Crippen molar-refractivity contribution in [1.29, 1.82) is 0 Å². The van der Waals surface area contributed by atoms with Gasteiger partial charge in [-0.05, 0) is 23.8 Å². The Kier molecular flexibility index (Phi) is 2.33. The van der Waals surface area contributed by atoms with E-state index < -0.39 is 0 Å². The average Bonchev–Trinajstić information content (AvgIpc) is 2.43. The molecule has 1 aliphatic rings. The third-order valence-electron chi connectivity index (χ3n) is 2.43. The molecule has 1 amide bonds. The van der Waals surface area contributed by atoms with Crippen molar-refractivity contribution in [2.45, 2.75) is 6.42 Å². The zero-order chi connectivity index (χ0) is 10.1. The Morgan fingerprint density at radius 1 is 1.57 bits per heavy atom. The van der Waals surface area contributed by atoms with Crippen molar-refractivity contribution in [2.75, 3.05) is 23.3 Å². The number of alkyl halides is 1. The van der Waals surface area contributed by atoms with Gasteiger partial charge in [0, 0.05) is 18.4 Å². The van der Waals surface area contributed by atoms with Crippen LogP contribution in [0.5, 0.6) is 0 Å². The number of rotatable bonds is 2. The number of anilines is 2. The van der Waals surface area contributed by atoms with E-state index in [4.69, 9.17) is 11.6 Å². The topological polar surface area (TPSA) is 32.3 Å². The van der Waals surface area contributed by atoms with Gasteiger partial charge >= 0.3 is 0 Å². The molecule has 2 rings (SSSR count). The predicted octanol–water partition coefficient (Wildman–Crippen LogP) is 1.81. The first-order valence-electron chi connectivity index (χ1n) is 4.41. The van der Waals surface area contributed by atoms with Gasteiger partial charge in [0.05, 0.1) is 12.4 Å². The minimum atomic E-state index is 0.142. The van der Waals surface area contributed by atoms with Crippen LogP contribution < -0.4 is 10.2 Å². The zero-order valence-electron chi connectivity index (χ0n) is 7.88. The number of fused-ring (bicyclic) bond motifs is 1. The van der Waals surface area contributed by atoms with Crippen molar-refractivity contribution >= 4 is 28.9 Å². The predicted molar refractivity (Wildman–Crippen MR) is 57.9 cm³/mol. The summed E-state index contributed by atoms with van der Waals surface area (Å²) < 4.78 is 0. The van der Waals surface area contributed by atoms with E-state index in [1.54, 1.807) is 11.9 Å². The molecular weight excluding hydrogens is 200 g/mol. The van der Waals surface area contributed by atoms with E-state index in [0.717, 1.165) is 16.9 Å². The molecule has 0 bridgehead atoms. The van der Waals surface area contributed by atoms with Crippen molar-refractivity contribution in [1.82, 2.24) is 0 Å². The number of carbonyl (C=O) groups is 1. The van der Waals surface area contributed by atoms with Gasteiger partial charge in [-0.25, -0.2) is 0 Å². The summed E-state index contributed by atoms with van der Waals surface area (Å²) >= 11 is 5.56. The van der Waals surface area contributed by atoms with E-state index in [1.165, 1.54) is 0 Å². The van der Waals surface area contributed by atoms with Gasteiger partial charge in [-0.3, -0.25) is 4.79 Å². The maximum Gasteiger partial charge on any atom is 0.231 e. The fourth-order valence-electron chi connectivity index (χ4n) is 1.66. The summed E-state index contributed by atoms with van der Waals surface area (Å²) in [5, 5.41) is 3.00. The SMILES string of the molecule is CN1C(=O)Cc2cc(NCCl)ccc21. The molecule has 0 unspecified atom stereocenters. The number of benzene rings is 1. The van der Waals surface area contributed by atoms with E-state index in [2.05, 4.69) is 5.32 Å². The Balaban J connectivity index is 2.34. The lowest BCUT2D eigenvalue weighted by molar-refractivity contribution is -0.117. The Hall–Kier alpha value is -1.22. The van der Waals surface area contributed by atoms with Gasteiger partial charge in [-0.15, -0.1) is 11.6 Å². The van der Waals surface area contributed by atoms with Crippen LogP contribution in [0.25, 0.3) is 0 Å². The van der Waals surface area contributed by atoms with Gasteiger partial charge < -0.3 is 10.2 Å². The molecule has 1 heterocycles. The second-order valence-electron chi connectivity index (χ2n) is 3.28. The summed E-state index contributed by atoms with van der Waals surface area (Å²) in [7, 11) is 1.79. The van der Waals surface area contributed by atoms with Crippen LogP contribution in [0, 0.1) is 0 Å². The first-order chi connectivity index (χ1) is 6.72. The normalized spacial score (nSPS) is 14.4. The van der Waals surface area contributed by atoms with E-state index in [0.29, 0.717) is 12.4 Å². The summed E-state index contributed by atoms with van der Waals surface area (Å²) in [6, 6.07) is 6.22. The molecule has 3 nitrogen and oxygen atoms in total. The number of hydrogen-bond donors (Lipinski definition) is 1. The maximum absolute atomic E-state index is 11.4. The molecule has 0 saturated heterocycles. The van der Waals surface area contributed by atoms with E-state index >= 15 is 0 Å². The van der Waals surface area contributed by atoms with Gasteiger partial charge in [-0.2, -0.15) is 0 Å². The van der Waals surface area contributed by atoms with Crippen LogP contribution in [0.15, 0.2) is 18.2 Å². The molecular formula is C10H11ClN2O. The van der Waals surface area contributed by atoms with Crippen LogP contribution in [0.1, 0.15) is 5.56 Å². The molecule has 1 aromatic carbocycles. The summed E-state index contributed by atoms with van der Waals surface area (Å²) in [6.45, 7) is 0. The average molecular weight is 211 g/mol. The highest BCUT2D eigenvalue weighted by atomic mass is 35.5. The van der Waals surface area contributed by atoms with Crippen LogP contribution in [0.2, 0.25) is 0 Å². The molecule has 0 fully saturated rings. The molecule has 4 heteroatoms. The van der Waals surface area contributed by atoms with Gasteiger partial charge in [0.25, 0.3) is 0 Å². The quantitative estimate of drug-likeness (QED) is 0.597. The van der Waals surface area contributed by atoms with Crippen LogP contribution in [-0.2, 0) is 11.2 Å². The summed E-state index contributed by atoms with van der Waals surface area (Å²) in [5.41, 5.74) is 3.02. The van der Waals surface area contributed by atoms with Gasteiger partial charge in [-0.1, -0.05) is 0 Å². The van der Waals surface area contributed by atoms with Crippen molar-refractivity contribution < 1.29 is 4.79 Å². The molecule has 0 saturated carbocycles. The Bertz CT molecular complexity index is 378. The fourth-order valence-corrected chi connectivity index (χ4v) is 1.81. The Morgan fingerprint density at radius 2 is 2.36 bits per heavy atom. The smallest absolute Gasteiger partial charge is 0.231 e. The molecule has 0 aromatic heterocycles. The number of likely N-dealkylation sites (N-methyl/N-ethyl adjacent to an activating group) is 1. The summed E-state index contributed by atoms with van der Waals surface area (Å²) in [5.74, 6) is 0.142. The van der Waals surface area contributed by atoms with Crippen molar-refractivity contribution in [3.8, 4) is 0 Å². The lowest BCUT2D eigenvalue weighted by atomic mass is 10.1. The van der Waals surface area contributed by atoms with E-state index in [-0.39, 0.29) is 5.91 Å². The lowest BCUT2D eigenvalue weighted by Crippen LogP contribution is -2.20. The molecule has 0 radical (unpaired) electrons. The van der Waals surface area contributed by atoms with Crippen LogP contribution in [-0.4, -0.2) is 19.0 Å². The second-order valence-corrected chi connectivity index (χ2v) is 3.55. The first-order valence-corrected chi connectivity index (χ1v) is 4.95. The van der Waals surface area contributed by atoms with Crippen LogP contribution >= 0.6 is 11.6 Å². The minimum Gasteiger partial charge on any atom is -0.372 e. The molecule has 14 heavy (non-hydrogen) atoms. The highest BCUT2D eigenvalue weighted by molar-refractivity contribution is 6.18. The van der Waals surface area contributed by atoms with Gasteiger partial charge in [0.1, 0.15) is 0 Å². The molecule has 1 N–H and O–H groups in total. The lowest BCUT2D eigenvalue weighted by Gasteiger charge is -2.10. The molecule has 0 aliphatic carbocycles. The minimum absolute atomic E-state index is 0.142. The molecule has 0 atom stereocenters. The number of hydrogen-bond acceptors (Lipinski definition) is 2. The zero-order valence-corrected chi connectivity index (χ0v) is 8.64.